The third-order valence-electron chi connectivity index (χ3n) is 4.85. The highest BCUT2D eigenvalue weighted by molar-refractivity contribution is 6.32. The second-order valence-corrected chi connectivity index (χ2v) is 7.23. The second kappa shape index (κ2) is 8.39. The van der Waals surface area contributed by atoms with E-state index in [0.29, 0.717) is 46.0 Å². The number of aromatic hydroxyl groups is 1. The third-order valence-corrected chi connectivity index (χ3v) is 5.20. The summed E-state index contributed by atoms with van der Waals surface area (Å²) in [4.78, 5) is 25.0. The molecule has 150 valence electrons. The van der Waals surface area contributed by atoms with Crippen LogP contribution in [0.3, 0.4) is 0 Å². The number of hydrogen-bond acceptors (Lipinski definition) is 4. The molecule has 0 radical (unpaired) electrons. The van der Waals surface area contributed by atoms with Crippen molar-refractivity contribution < 1.29 is 14.7 Å². The summed E-state index contributed by atoms with van der Waals surface area (Å²) in [7, 11) is 0. The van der Waals surface area contributed by atoms with E-state index >= 15 is 0 Å². The van der Waals surface area contributed by atoms with Gasteiger partial charge >= 0.3 is 0 Å². The van der Waals surface area contributed by atoms with Crippen LogP contribution in [0.5, 0.6) is 5.75 Å². The molecule has 4 rings (SSSR count). The molecule has 1 aliphatic carbocycles. The minimum Gasteiger partial charge on any atom is -0.507 e. The Morgan fingerprint density at radius 1 is 0.900 bits per heavy atom. The van der Waals surface area contributed by atoms with Crippen molar-refractivity contribution >= 4 is 34.8 Å². The van der Waals surface area contributed by atoms with Crippen LogP contribution in [0.25, 0.3) is 0 Å². The molecule has 0 fully saturated rings. The van der Waals surface area contributed by atoms with Gasteiger partial charge in [0, 0.05) is 27.4 Å². The molecule has 7 heteroatoms. The van der Waals surface area contributed by atoms with Crippen LogP contribution >= 0.6 is 11.6 Å². The van der Waals surface area contributed by atoms with Crippen LogP contribution in [0.2, 0.25) is 5.02 Å². The topological polar surface area (TPSA) is 90.8 Å². The predicted octanol–water partition coefficient (Wildman–Crippen LogP) is 4.38. The van der Waals surface area contributed by atoms with E-state index in [-0.39, 0.29) is 11.7 Å². The number of nitrogens with zero attached hydrogens (tertiary/aromatic N) is 1. The van der Waals surface area contributed by atoms with E-state index < -0.39 is 5.91 Å². The molecule has 0 aromatic heterocycles. The molecule has 0 saturated heterocycles. The Morgan fingerprint density at radius 3 is 2.40 bits per heavy atom. The lowest BCUT2D eigenvalue weighted by molar-refractivity contribution is 0.0954. The maximum absolute atomic E-state index is 12.6. The molecule has 0 spiro atoms. The van der Waals surface area contributed by atoms with Gasteiger partial charge in [0.05, 0.1) is 5.71 Å². The summed E-state index contributed by atoms with van der Waals surface area (Å²) >= 11 is 6.18. The number of fused-ring (bicyclic) bond motifs is 1. The van der Waals surface area contributed by atoms with Crippen molar-refractivity contribution in [3.8, 4) is 5.75 Å². The Kier molecular flexibility index (Phi) is 5.50. The van der Waals surface area contributed by atoms with Crippen LogP contribution in [-0.2, 0) is 6.42 Å². The van der Waals surface area contributed by atoms with E-state index in [1.165, 1.54) is 12.1 Å². The first kappa shape index (κ1) is 19.7. The van der Waals surface area contributed by atoms with Gasteiger partial charge in [0.2, 0.25) is 0 Å². The van der Waals surface area contributed by atoms with Crippen molar-refractivity contribution in [3.63, 3.8) is 0 Å². The highest BCUT2D eigenvalue weighted by Gasteiger charge is 2.24. The third kappa shape index (κ3) is 4.04. The zero-order chi connectivity index (χ0) is 21.1. The molecule has 6 nitrogen and oxygen atoms in total. The van der Waals surface area contributed by atoms with Gasteiger partial charge in [0.25, 0.3) is 11.8 Å². The summed E-state index contributed by atoms with van der Waals surface area (Å²) < 4.78 is 0. The van der Waals surface area contributed by atoms with Crippen LogP contribution in [0.1, 0.15) is 38.3 Å². The van der Waals surface area contributed by atoms with Gasteiger partial charge in [-0.2, -0.15) is 5.10 Å². The van der Waals surface area contributed by atoms with Crippen LogP contribution in [0.4, 0.5) is 5.69 Å². The van der Waals surface area contributed by atoms with E-state index in [2.05, 4.69) is 15.8 Å². The van der Waals surface area contributed by atoms with Gasteiger partial charge in [0.1, 0.15) is 5.75 Å². The zero-order valence-corrected chi connectivity index (χ0v) is 16.6. The Morgan fingerprint density at radius 2 is 1.63 bits per heavy atom. The van der Waals surface area contributed by atoms with E-state index in [0.717, 1.165) is 5.56 Å². The lowest BCUT2D eigenvalue weighted by Gasteiger charge is -2.08. The Balaban J connectivity index is 1.49. The zero-order valence-electron chi connectivity index (χ0n) is 15.9. The van der Waals surface area contributed by atoms with Crippen LogP contribution in [0, 0.1) is 0 Å². The minimum atomic E-state index is -0.452. The quantitative estimate of drug-likeness (QED) is 0.548. The number of hydrogen-bond donors (Lipinski definition) is 3. The molecule has 3 aromatic carbocycles. The first-order chi connectivity index (χ1) is 14.5. The average Bonchev–Trinajstić information content (AvgIpc) is 3.21. The molecule has 3 aromatic rings. The van der Waals surface area contributed by atoms with Gasteiger partial charge in [-0.1, -0.05) is 35.9 Å². The summed E-state index contributed by atoms with van der Waals surface area (Å²) in [5, 5.41) is 17.7. The Bertz CT molecular complexity index is 1160. The van der Waals surface area contributed by atoms with E-state index in [1.54, 1.807) is 36.4 Å². The SMILES string of the molecule is O=C(N/N=C1\CCc2c(Cl)ccc(O)c21)c1cccc(C(=O)Nc2ccccc2)c1. The molecule has 30 heavy (non-hydrogen) atoms. The Hall–Kier alpha value is -3.64. The van der Waals surface area contributed by atoms with Crippen molar-refractivity contribution in [1.29, 1.82) is 0 Å². The molecular formula is C23H18ClN3O3. The van der Waals surface area contributed by atoms with Crippen molar-refractivity contribution in [2.45, 2.75) is 12.8 Å². The normalized spacial score (nSPS) is 13.7. The number of rotatable bonds is 4. The number of phenols is 1. The summed E-state index contributed by atoms with van der Waals surface area (Å²) in [5.41, 5.74) is 5.79. The summed E-state index contributed by atoms with van der Waals surface area (Å²) in [6, 6.07) is 18.6. The smallest absolute Gasteiger partial charge is 0.271 e. The maximum atomic E-state index is 12.6. The molecule has 2 amide bonds. The van der Waals surface area contributed by atoms with Crippen molar-refractivity contribution in [3.05, 3.63) is 94.0 Å². The van der Waals surface area contributed by atoms with E-state index in [9.17, 15) is 14.7 Å². The standard InChI is InChI=1S/C23H18ClN3O3/c24-18-10-12-20(28)21-17(18)9-11-19(21)26-27-23(30)15-6-4-5-14(13-15)22(29)25-16-7-2-1-3-8-16/h1-8,10,12-13,28H,9,11H2,(H,25,29)(H,27,30)/b26-19+. The van der Waals surface area contributed by atoms with Gasteiger partial charge in [-0.25, -0.2) is 5.43 Å². The lowest BCUT2D eigenvalue weighted by atomic mass is 10.1. The van der Waals surface area contributed by atoms with Gasteiger partial charge in [-0.15, -0.1) is 0 Å². The van der Waals surface area contributed by atoms with E-state index in [1.807, 2.05) is 18.2 Å². The van der Waals surface area contributed by atoms with Gasteiger partial charge in [-0.3, -0.25) is 9.59 Å². The second-order valence-electron chi connectivity index (χ2n) is 6.82. The summed E-state index contributed by atoms with van der Waals surface area (Å²) in [6.07, 6.45) is 1.21. The number of anilines is 1. The Labute approximate surface area is 178 Å². The molecule has 0 saturated carbocycles. The number of carbonyl (C=O) groups is 2. The maximum Gasteiger partial charge on any atom is 0.271 e. The summed E-state index contributed by atoms with van der Waals surface area (Å²) in [6.45, 7) is 0. The van der Waals surface area contributed by atoms with Crippen molar-refractivity contribution in [2.75, 3.05) is 5.32 Å². The fourth-order valence-corrected chi connectivity index (χ4v) is 3.62. The number of phenolic OH excluding ortho intramolecular Hbond substituents is 1. The van der Waals surface area contributed by atoms with Crippen LogP contribution < -0.4 is 10.7 Å². The number of nitrogens with one attached hydrogen (secondary N) is 2. The van der Waals surface area contributed by atoms with Crippen molar-refractivity contribution in [2.24, 2.45) is 5.10 Å². The monoisotopic (exact) mass is 419 g/mol. The first-order valence-electron chi connectivity index (χ1n) is 9.37. The van der Waals surface area contributed by atoms with Crippen LogP contribution in [-0.4, -0.2) is 22.6 Å². The number of benzene rings is 3. The first-order valence-corrected chi connectivity index (χ1v) is 9.75. The highest BCUT2D eigenvalue weighted by Crippen LogP contribution is 2.35. The number of para-hydroxylation sites is 1. The minimum absolute atomic E-state index is 0.0829. The highest BCUT2D eigenvalue weighted by atomic mass is 35.5. The molecule has 0 unspecified atom stereocenters. The number of hydrazone groups is 1. The molecule has 3 N–H and O–H groups in total. The van der Waals surface area contributed by atoms with Gasteiger partial charge < -0.3 is 10.4 Å². The molecular weight excluding hydrogens is 402 g/mol. The number of amides is 2. The molecule has 0 heterocycles. The van der Waals surface area contributed by atoms with E-state index in [4.69, 9.17) is 11.6 Å². The lowest BCUT2D eigenvalue weighted by Crippen LogP contribution is -2.20. The summed E-state index contributed by atoms with van der Waals surface area (Å²) in [5.74, 6) is -0.683. The van der Waals surface area contributed by atoms with Crippen molar-refractivity contribution in [1.82, 2.24) is 5.43 Å². The molecule has 0 aliphatic heterocycles. The average molecular weight is 420 g/mol. The molecule has 0 bridgehead atoms. The number of halogens is 1. The van der Waals surface area contributed by atoms with Crippen LogP contribution in [0.15, 0.2) is 71.8 Å². The predicted molar refractivity (Wildman–Crippen MR) is 116 cm³/mol. The largest absolute Gasteiger partial charge is 0.507 e. The van der Waals surface area contributed by atoms with Gasteiger partial charge in [-0.05, 0) is 60.9 Å². The fraction of sp³-hybridized carbons (Fsp3) is 0.0870. The fourth-order valence-electron chi connectivity index (χ4n) is 3.37. The molecule has 1 aliphatic rings. The number of carbonyl (C=O) groups excluding carboxylic acids is 2. The molecule has 0 atom stereocenters. The van der Waals surface area contributed by atoms with Gasteiger partial charge in [0.15, 0.2) is 0 Å².